The van der Waals surface area contributed by atoms with E-state index in [9.17, 15) is 35.1 Å². The van der Waals surface area contributed by atoms with E-state index in [4.69, 9.17) is 11.5 Å². The van der Waals surface area contributed by atoms with Gasteiger partial charge >= 0.3 is 0 Å². The molecule has 2 aromatic carbocycles. The van der Waals surface area contributed by atoms with Crippen molar-refractivity contribution in [1.29, 1.82) is 0 Å². The number of rotatable bonds is 1. The molecule has 0 spiro atoms. The molecule has 10 heteroatoms. The number of halogens is 8. The zero-order valence-corrected chi connectivity index (χ0v) is 10.2. The lowest BCUT2D eigenvalue weighted by atomic mass is 9.99. The minimum absolute atomic E-state index is 1.49. The van der Waals surface area contributed by atoms with Crippen LogP contribution < -0.4 is 11.5 Å². The zero-order valence-electron chi connectivity index (χ0n) is 10.2. The second-order valence-corrected chi connectivity index (χ2v) is 4.09. The third-order valence-electron chi connectivity index (χ3n) is 2.86. The van der Waals surface area contributed by atoms with E-state index in [-0.39, 0.29) is 0 Å². The van der Waals surface area contributed by atoms with E-state index in [2.05, 4.69) is 0 Å². The standard InChI is InChI=1S/C12H4F8N2/c13-3-1(11(21)9(19)7(17)5(3)15)2-4(14)6(16)8(18)10(20)12(2)22/h21-22H2. The Morgan fingerprint density at radius 3 is 0.864 bits per heavy atom. The average Bonchev–Trinajstić information content (AvgIpc) is 2.50. The molecule has 0 fully saturated rings. The van der Waals surface area contributed by atoms with Gasteiger partial charge in [-0.2, -0.15) is 0 Å². The molecule has 2 rings (SSSR count). The van der Waals surface area contributed by atoms with Gasteiger partial charge in [0.2, 0.25) is 0 Å². The summed E-state index contributed by atoms with van der Waals surface area (Å²) < 4.78 is 106. The van der Waals surface area contributed by atoms with Gasteiger partial charge in [0.15, 0.2) is 46.5 Å². The molecule has 0 atom stereocenters. The highest BCUT2D eigenvalue weighted by Crippen LogP contribution is 2.41. The van der Waals surface area contributed by atoms with Gasteiger partial charge in [-0.1, -0.05) is 0 Å². The molecule has 22 heavy (non-hydrogen) atoms. The van der Waals surface area contributed by atoms with Gasteiger partial charge in [-0.15, -0.1) is 0 Å². The number of benzene rings is 2. The fraction of sp³-hybridized carbons (Fsp3) is 0. The van der Waals surface area contributed by atoms with Crippen molar-refractivity contribution >= 4 is 11.4 Å². The van der Waals surface area contributed by atoms with Gasteiger partial charge in [0.25, 0.3) is 0 Å². The molecule has 0 amide bonds. The lowest BCUT2D eigenvalue weighted by Crippen LogP contribution is -2.11. The minimum Gasteiger partial charge on any atom is -0.396 e. The lowest BCUT2D eigenvalue weighted by molar-refractivity contribution is 0.407. The molecular weight excluding hydrogens is 324 g/mol. The largest absolute Gasteiger partial charge is 0.396 e. The van der Waals surface area contributed by atoms with Crippen LogP contribution in [0.15, 0.2) is 0 Å². The first-order valence-electron chi connectivity index (χ1n) is 5.34. The molecular formula is C12H4F8N2. The highest BCUT2D eigenvalue weighted by atomic mass is 19.2. The maximum absolute atomic E-state index is 13.7. The predicted octanol–water partition coefficient (Wildman–Crippen LogP) is 3.63. The Bertz CT molecular complexity index is 677. The SMILES string of the molecule is Nc1c(F)c(F)c(F)c(F)c1-c1c(N)c(F)c(F)c(F)c1F. The molecule has 0 saturated heterocycles. The molecule has 0 heterocycles. The summed E-state index contributed by atoms with van der Waals surface area (Å²) in [7, 11) is 0. The summed E-state index contributed by atoms with van der Waals surface area (Å²) in [6, 6.07) is 0. The maximum Gasteiger partial charge on any atom is 0.199 e. The Hall–Kier alpha value is -2.52. The van der Waals surface area contributed by atoms with Crippen molar-refractivity contribution in [3.63, 3.8) is 0 Å². The number of nitrogen functional groups attached to an aromatic ring is 2. The summed E-state index contributed by atoms with van der Waals surface area (Å²) in [6.07, 6.45) is 0. The molecule has 4 N–H and O–H groups in total. The fourth-order valence-electron chi connectivity index (χ4n) is 1.79. The van der Waals surface area contributed by atoms with Gasteiger partial charge in [0, 0.05) is 0 Å². The maximum atomic E-state index is 13.7. The molecule has 0 aliphatic carbocycles. The zero-order chi connectivity index (χ0) is 16.9. The Morgan fingerprint density at radius 2 is 0.591 bits per heavy atom. The summed E-state index contributed by atoms with van der Waals surface area (Å²) >= 11 is 0. The van der Waals surface area contributed by atoms with E-state index in [1.54, 1.807) is 0 Å². The number of hydrogen-bond donors (Lipinski definition) is 2. The molecule has 0 aliphatic rings. The Kier molecular flexibility index (Phi) is 3.63. The quantitative estimate of drug-likeness (QED) is 0.363. The third-order valence-corrected chi connectivity index (χ3v) is 2.86. The van der Waals surface area contributed by atoms with Gasteiger partial charge in [0.05, 0.1) is 22.5 Å². The van der Waals surface area contributed by atoms with Crippen LogP contribution in [-0.2, 0) is 0 Å². The van der Waals surface area contributed by atoms with E-state index in [0.717, 1.165) is 0 Å². The van der Waals surface area contributed by atoms with Gasteiger partial charge in [-0.3, -0.25) is 0 Å². The summed E-state index contributed by atoms with van der Waals surface area (Å²) in [6.45, 7) is 0. The van der Waals surface area contributed by atoms with Crippen molar-refractivity contribution in [1.82, 2.24) is 0 Å². The topological polar surface area (TPSA) is 52.0 Å². The summed E-state index contributed by atoms with van der Waals surface area (Å²) in [5.41, 5.74) is 3.84. The van der Waals surface area contributed by atoms with Gasteiger partial charge in [-0.25, -0.2) is 35.1 Å². The highest BCUT2D eigenvalue weighted by Gasteiger charge is 2.32. The van der Waals surface area contributed by atoms with Crippen LogP contribution in [0.3, 0.4) is 0 Å². The minimum atomic E-state index is -2.41. The van der Waals surface area contributed by atoms with Crippen molar-refractivity contribution in [3.05, 3.63) is 46.5 Å². The van der Waals surface area contributed by atoms with Crippen LogP contribution in [-0.4, -0.2) is 0 Å². The van der Waals surface area contributed by atoms with Crippen molar-refractivity contribution < 1.29 is 35.1 Å². The highest BCUT2D eigenvalue weighted by molar-refractivity contribution is 5.85. The van der Waals surface area contributed by atoms with E-state index < -0.39 is 69.0 Å². The van der Waals surface area contributed by atoms with Crippen LogP contribution in [0.5, 0.6) is 0 Å². The summed E-state index contributed by atoms with van der Waals surface area (Å²) in [5, 5.41) is 0. The predicted molar refractivity (Wildman–Crippen MR) is 60.4 cm³/mol. The smallest absolute Gasteiger partial charge is 0.199 e. The van der Waals surface area contributed by atoms with E-state index in [1.165, 1.54) is 0 Å². The van der Waals surface area contributed by atoms with Crippen molar-refractivity contribution in [2.75, 3.05) is 11.5 Å². The molecule has 0 aliphatic heterocycles. The average molecular weight is 328 g/mol. The molecule has 0 saturated carbocycles. The van der Waals surface area contributed by atoms with Crippen LogP contribution >= 0.6 is 0 Å². The Labute approximate surface area is 116 Å². The summed E-state index contributed by atoms with van der Waals surface area (Å²) in [5.74, 6) is -18.2. The Morgan fingerprint density at radius 1 is 0.364 bits per heavy atom. The molecule has 0 radical (unpaired) electrons. The number of nitrogens with two attached hydrogens (primary N) is 2. The van der Waals surface area contributed by atoms with Gasteiger partial charge in [-0.05, 0) is 0 Å². The molecule has 2 nitrogen and oxygen atoms in total. The van der Waals surface area contributed by atoms with Crippen LogP contribution in [0.25, 0.3) is 11.1 Å². The number of anilines is 2. The lowest BCUT2D eigenvalue weighted by Gasteiger charge is -2.14. The van der Waals surface area contributed by atoms with Crippen LogP contribution in [0.2, 0.25) is 0 Å². The molecule has 0 bridgehead atoms. The monoisotopic (exact) mass is 328 g/mol. The first-order valence-corrected chi connectivity index (χ1v) is 5.34. The van der Waals surface area contributed by atoms with Crippen molar-refractivity contribution in [2.45, 2.75) is 0 Å². The first-order chi connectivity index (χ1) is 10.1. The molecule has 0 aromatic heterocycles. The van der Waals surface area contributed by atoms with Crippen molar-refractivity contribution in [3.8, 4) is 11.1 Å². The van der Waals surface area contributed by atoms with E-state index >= 15 is 0 Å². The normalized spacial score (nSPS) is 11.1. The molecule has 0 unspecified atom stereocenters. The van der Waals surface area contributed by atoms with E-state index in [0.29, 0.717) is 0 Å². The second-order valence-electron chi connectivity index (χ2n) is 4.09. The van der Waals surface area contributed by atoms with Crippen molar-refractivity contribution in [2.24, 2.45) is 0 Å². The molecule has 2 aromatic rings. The fourth-order valence-corrected chi connectivity index (χ4v) is 1.79. The number of hydrogen-bond acceptors (Lipinski definition) is 2. The summed E-state index contributed by atoms with van der Waals surface area (Å²) in [4.78, 5) is 0. The van der Waals surface area contributed by atoms with Gasteiger partial charge in [0.1, 0.15) is 0 Å². The van der Waals surface area contributed by atoms with Crippen LogP contribution in [0.4, 0.5) is 46.5 Å². The van der Waals surface area contributed by atoms with Gasteiger partial charge < -0.3 is 11.5 Å². The molecule has 118 valence electrons. The Balaban J connectivity index is 3.03. The van der Waals surface area contributed by atoms with Crippen LogP contribution in [0.1, 0.15) is 0 Å². The third kappa shape index (κ3) is 1.94. The van der Waals surface area contributed by atoms with E-state index in [1.807, 2.05) is 0 Å². The second kappa shape index (κ2) is 5.04. The van der Waals surface area contributed by atoms with Crippen LogP contribution in [0, 0.1) is 46.5 Å². The first kappa shape index (κ1) is 15.9.